The summed E-state index contributed by atoms with van der Waals surface area (Å²) in [5.41, 5.74) is 2.92. The molecule has 0 atom stereocenters. The standard InChI is InChI=1S/C27H27F2N3O4S/c1-31-16-17-35-26-18-24(10-11-25(26)31)37(33,34)32-14-12-23(13-15-32)30-36-27(19-2-6-21(28)7-3-19)20-4-8-22(29)9-5-20/h2-11,18,27H,12-17H2,1H3. The molecule has 1 saturated heterocycles. The maximum atomic E-state index is 13.5. The quantitative estimate of drug-likeness (QED) is 0.433. The molecule has 2 heterocycles. The summed E-state index contributed by atoms with van der Waals surface area (Å²) in [6.45, 7) is 1.78. The zero-order valence-corrected chi connectivity index (χ0v) is 21.1. The smallest absolute Gasteiger partial charge is 0.243 e. The Kier molecular flexibility index (Phi) is 7.12. The largest absolute Gasteiger partial charge is 0.490 e. The van der Waals surface area contributed by atoms with Crippen molar-refractivity contribution in [3.05, 3.63) is 89.5 Å². The van der Waals surface area contributed by atoms with E-state index in [2.05, 4.69) is 5.16 Å². The molecule has 37 heavy (non-hydrogen) atoms. The highest BCUT2D eigenvalue weighted by Gasteiger charge is 2.30. The average molecular weight is 528 g/mol. The van der Waals surface area contributed by atoms with Crippen molar-refractivity contribution in [3.63, 3.8) is 0 Å². The van der Waals surface area contributed by atoms with Crippen molar-refractivity contribution >= 4 is 21.4 Å². The van der Waals surface area contributed by atoms with Gasteiger partial charge in [-0.2, -0.15) is 4.31 Å². The van der Waals surface area contributed by atoms with Crippen LogP contribution in [0.5, 0.6) is 5.75 Å². The minimum absolute atomic E-state index is 0.200. The van der Waals surface area contributed by atoms with Crippen molar-refractivity contribution in [2.45, 2.75) is 23.8 Å². The molecule has 0 spiro atoms. The summed E-state index contributed by atoms with van der Waals surface area (Å²) in [6, 6.07) is 16.7. The van der Waals surface area contributed by atoms with Gasteiger partial charge in [-0.25, -0.2) is 17.2 Å². The number of likely N-dealkylation sites (N-methyl/N-ethyl adjacent to an activating group) is 1. The van der Waals surface area contributed by atoms with Crippen LogP contribution in [-0.2, 0) is 14.9 Å². The minimum Gasteiger partial charge on any atom is -0.490 e. The number of anilines is 1. The Morgan fingerprint density at radius 3 is 2.08 bits per heavy atom. The van der Waals surface area contributed by atoms with Gasteiger partial charge in [0.2, 0.25) is 10.0 Å². The van der Waals surface area contributed by atoms with Crippen LogP contribution in [0.15, 0.2) is 76.8 Å². The number of hydrogen-bond donors (Lipinski definition) is 0. The molecule has 0 aromatic heterocycles. The topological polar surface area (TPSA) is 71.4 Å². The Morgan fingerprint density at radius 1 is 0.892 bits per heavy atom. The number of ether oxygens (including phenoxy) is 1. The zero-order valence-electron chi connectivity index (χ0n) is 20.3. The van der Waals surface area contributed by atoms with Crippen LogP contribution < -0.4 is 9.64 Å². The average Bonchev–Trinajstić information content (AvgIpc) is 2.91. The van der Waals surface area contributed by atoms with Crippen LogP contribution in [0.1, 0.15) is 30.1 Å². The molecule has 0 N–H and O–H groups in total. The third-order valence-electron chi connectivity index (χ3n) is 6.60. The first-order valence-electron chi connectivity index (χ1n) is 12.0. The Labute approximate surface area is 215 Å². The molecule has 0 aliphatic carbocycles. The number of halogens is 2. The third-order valence-corrected chi connectivity index (χ3v) is 8.49. The Bertz CT molecular complexity index is 1340. The SMILES string of the molecule is CN1CCOc2cc(S(=O)(=O)N3CCC(=NOC(c4ccc(F)cc4)c4ccc(F)cc4)CC3)ccc21. The Hall–Kier alpha value is -3.50. The molecule has 5 rings (SSSR count). The second kappa shape index (κ2) is 10.5. The summed E-state index contributed by atoms with van der Waals surface area (Å²) in [7, 11) is -1.75. The van der Waals surface area contributed by atoms with Crippen LogP contribution in [0, 0.1) is 11.6 Å². The van der Waals surface area contributed by atoms with Gasteiger partial charge in [0.25, 0.3) is 0 Å². The molecular formula is C27H27F2N3O4S. The number of piperidine rings is 1. The van der Waals surface area contributed by atoms with Crippen molar-refractivity contribution in [1.82, 2.24) is 4.31 Å². The first-order valence-corrected chi connectivity index (χ1v) is 13.5. The summed E-state index contributed by atoms with van der Waals surface area (Å²) < 4.78 is 60.6. The molecule has 0 bridgehead atoms. The molecule has 0 radical (unpaired) electrons. The Balaban J connectivity index is 1.29. The van der Waals surface area contributed by atoms with Gasteiger partial charge < -0.3 is 14.5 Å². The number of nitrogens with zero attached hydrogens (tertiary/aromatic N) is 3. The second-order valence-electron chi connectivity index (χ2n) is 9.05. The van der Waals surface area contributed by atoms with Gasteiger partial charge >= 0.3 is 0 Å². The van der Waals surface area contributed by atoms with Crippen LogP contribution in [-0.4, -0.2) is 51.7 Å². The fourth-order valence-corrected chi connectivity index (χ4v) is 5.90. The van der Waals surface area contributed by atoms with Gasteiger partial charge in [-0.3, -0.25) is 0 Å². The molecule has 1 fully saturated rings. The number of benzene rings is 3. The van der Waals surface area contributed by atoms with E-state index < -0.39 is 16.1 Å². The summed E-state index contributed by atoms with van der Waals surface area (Å²) in [5, 5.41) is 4.32. The van der Waals surface area contributed by atoms with E-state index in [4.69, 9.17) is 9.57 Å². The lowest BCUT2D eigenvalue weighted by atomic mass is 10.0. The normalized spacial score (nSPS) is 16.3. The predicted molar refractivity (Wildman–Crippen MR) is 136 cm³/mol. The van der Waals surface area contributed by atoms with Crippen LogP contribution in [0.2, 0.25) is 0 Å². The first kappa shape index (κ1) is 25.2. The summed E-state index contributed by atoms with van der Waals surface area (Å²) in [5.74, 6) is -0.187. The molecule has 3 aromatic rings. The molecular weight excluding hydrogens is 500 g/mol. The van der Waals surface area contributed by atoms with Crippen LogP contribution in [0.25, 0.3) is 0 Å². The van der Waals surface area contributed by atoms with E-state index in [1.807, 2.05) is 11.9 Å². The first-order chi connectivity index (χ1) is 17.8. The minimum atomic E-state index is -3.69. The molecule has 10 heteroatoms. The van der Waals surface area contributed by atoms with Crippen molar-refractivity contribution in [3.8, 4) is 5.75 Å². The molecule has 194 valence electrons. The maximum Gasteiger partial charge on any atom is 0.243 e. The molecule has 2 aliphatic heterocycles. The molecule has 7 nitrogen and oxygen atoms in total. The summed E-state index contributed by atoms with van der Waals surface area (Å²) in [4.78, 5) is 8.10. The van der Waals surface area contributed by atoms with Gasteiger partial charge in [-0.05, 0) is 47.5 Å². The van der Waals surface area contributed by atoms with E-state index in [0.717, 1.165) is 17.9 Å². The van der Waals surface area contributed by atoms with Gasteiger partial charge in [0.15, 0.2) is 6.10 Å². The van der Waals surface area contributed by atoms with E-state index >= 15 is 0 Å². The number of oxime groups is 1. The van der Waals surface area contributed by atoms with E-state index in [-0.39, 0.29) is 29.6 Å². The maximum absolute atomic E-state index is 13.5. The Morgan fingerprint density at radius 2 is 1.49 bits per heavy atom. The van der Waals surface area contributed by atoms with Gasteiger partial charge in [0, 0.05) is 39.0 Å². The van der Waals surface area contributed by atoms with Crippen molar-refractivity contribution in [1.29, 1.82) is 0 Å². The van der Waals surface area contributed by atoms with Gasteiger partial charge in [0.1, 0.15) is 24.0 Å². The summed E-state index contributed by atoms with van der Waals surface area (Å²) >= 11 is 0. The molecule has 0 amide bonds. The predicted octanol–water partition coefficient (Wildman–Crippen LogP) is 4.74. The monoisotopic (exact) mass is 527 g/mol. The lowest BCUT2D eigenvalue weighted by Crippen LogP contribution is -2.38. The highest BCUT2D eigenvalue weighted by Crippen LogP contribution is 2.34. The number of rotatable bonds is 6. The fraction of sp³-hybridized carbons (Fsp3) is 0.296. The number of fused-ring (bicyclic) bond motifs is 1. The van der Waals surface area contributed by atoms with Gasteiger partial charge in [0.05, 0.1) is 22.8 Å². The van der Waals surface area contributed by atoms with Gasteiger partial charge in [-0.1, -0.05) is 29.4 Å². The molecule has 0 saturated carbocycles. The second-order valence-corrected chi connectivity index (χ2v) is 11.0. The van der Waals surface area contributed by atoms with Crippen LogP contribution >= 0.6 is 0 Å². The fourth-order valence-electron chi connectivity index (χ4n) is 4.44. The molecule has 2 aliphatic rings. The molecule has 0 unspecified atom stereocenters. The highest BCUT2D eigenvalue weighted by molar-refractivity contribution is 7.89. The van der Waals surface area contributed by atoms with E-state index in [1.54, 1.807) is 42.5 Å². The lowest BCUT2D eigenvalue weighted by molar-refractivity contribution is 0.0855. The van der Waals surface area contributed by atoms with E-state index in [0.29, 0.717) is 36.3 Å². The number of sulfonamides is 1. The van der Waals surface area contributed by atoms with Crippen molar-refractivity contribution in [2.75, 3.05) is 38.2 Å². The van der Waals surface area contributed by atoms with Crippen LogP contribution in [0.3, 0.4) is 0 Å². The highest BCUT2D eigenvalue weighted by atomic mass is 32.2. The third kappa shape index (κ3) is 5.45. The van der Waals surface area contributed by atoms with Crippen LogP contribution in [0.4, 0.5) is 14.5 Å². The zero-order chi connectivity index (χ0) is 26.0. The molecule has 3 aromatic carbocycles. The summed E-state index contributed by atoms with van der Waals surface area (Å²) in [6.07, 6.45) is 0.149. The van der Waals surface area contributed by atoms with E-state index in [9.17, 15) is 17.2 Å². The van der Waals surface area contributed by atoms with Crippen molar-refractivity contribution < 1.29 is 26.8 Å². The van der Waals surface area contributed by atoms with Crippen molar-refractivity contribution in [2.24, 2.45) is 5.16 Å². The van der Waals surface area contributed by atoms with Gasteiger partial charge in [-0.15, -0.1) is 0 Å². The number of hydrogen-bond acceptors (Lipinski definition) is 6. The van der Waals surface area contributed by atoms with E-state index in [1.165, 1.54) is 28.6 Å². The lowest BCUT2D eigenvalue weighted by Gasteiger charge is -2.30.